The van der Waals surface area contributed by atoms with E-state index in [0.29, 0.717) is 5.82 Å². The maximum Gasteiger partial charge on any atom is 0.152 e. The Kier molecular flexibility index (Phi) is 5.65. The molecule has 0 aliphatic rings. The molecule has 0 atom stereocenters. The molecule has 0 aliphatic carbocycles. The van der Waals surface area contributed by atoms with Gasteiger partial charge in [-0.3, -0.25) is 4.98 Å². The molecule has 138 valence electrons. The van der Waals surface area contributed by atoms with Gasteiger partial charge in [0.25, 0.3) is 0 Å². The van der Waals surface area contributed by atoms with E-state index in [0.717, 1.165) is 72.3 Å². The number of hydrogen-bond acceptors (Lipinski definition) is 6. The molecular formula is C19H26N6O. The average Bonchev–Trinajstić information content (AvgIpc) is 3.00. The molecule has 3 rings (SSSR count). The molecule has 0 aromatic carbocycles. The number of nitrogens with zero attached hydrogens (tertiary/aromatic N) is 5. The second-order valence-corrected chi connectivity index (χ2v) is 6.46. The molecule has 0 spiro atoms. The summed E-state index contributed by atoms with van der Waals surface area (Å²) in [6, 6.07) is 3.82. The Morgan fingerprint density at radius 1 is 1.27 bits per heavy atom. The Bertz CT molecular complexity index is 931. The Hall–Kier alpha value is -2.70. The number of anilines is 1. The first kappa shape index (κ1) is 18.1. The third-order valence-corrected chi connectivity index (χ3v) is 4.46. The Morgan fingerprint density at radius 2 is 2.12 bits per heavy atom. The normalized spacial score (nSPS) is 12.2. The highest BCUT2D eigenvalue weighted by Crippen LogP contribution is 2.28. The second kappa shape index (κ2) is 8.12. The van der Waals surface area contributed by atoms with Crippen LogP contribution in [0.15, 0.2) is 23.5 Å². The molecule has 0 unspecified atom stereocenters. The minimum Gasteiger partial charge on any atom is -0.399 e. The lowest BCUT2D eigenvalue weighted by Crippen LogP contribution is -2.06. The highest BCUT2D eigenvalue weighted by molar-refractivity contribution is 6.04. The largest absolute Gasteiger partial charge is 0.399 e. The summed E-state index contributed by atoms with van der Waals surface area (Å²) >= 11 is 0. The number of nitrogens with two attached hydrogens (primary N) is 1. The van der Waals surface area contributed by atoms with E-state index in [1.807, 2.05) is 19.1 Å². The molecular weight excluding hydrogens is 328 g/mol. The van der Waals surface area contributed by atoms with Crippen molar-refractivity contribution in [1.82, 2.24) is 19.5 Å². The summed E-state index contributed by atoms with van der Waals surface area (Å²) in [6.07, 6.45) is 6.73. The minimum atomic E-state index is 0.467. The van der Waals surface area contributed by atoms with Gasteiger partial charge in [0, 0.05) is 19.2 Å². The van der Waals surface area contributed by atoms with E-state index in [2.05, 4.69) is 26.6 Å². The van der Waals surface area contributed by atoms with Crippen molar-refractivity contribution in [1.29, 1.82) is 0 Å². The molecule has 2 N–H and O–H groups in total. The number of aromatic nitrogens is 4. The van der Waals surface area contributed by atoms with E-state index in [9.17, 15) is 0 Å². The summed E-state index contributed by atoms with van der Waals surface area (Å²) in [7, 11) is 1.57. The first-order valence-electron chi connectivity index (χ1n) is 9.11. The Balaban J connectivity index is 2.05. The van der Waals surface area contributed by atoms with Crippen molar-refractivity contribution < 1.29 is 4.84 Å². The first-order valence-corrected chi connectivity index (χ1v) is 9.11. The lowest BCUT2D eigenvalue weighted by molar-refractivity contribution is 0.212. The van der Waals surface area contributed by atoms with Crippen LogP contribution < -0.4 is 5.73 Å². The number of nitrogen functional groups attached to an aromatic ring is 1. The van der Waals surface area contributed by atoms with Crippen LogP contribution in [-0.4, -0.2) is 32.3 Å². The minimum absolute atomic E-state index is 0.467. The molecule has 3 aromatic heterocycles. The summed E-state index contributed by atoms with van der Waals surface area (Å²) in [6.45, 7) is 5.00. The van der Waals surface area contributed by atoms with Crippen LogP contribution in [0.1, 0.15) is 45.4 Å². The van der Waals surface area contributed by atoms with Crippen molar-refractivity contribution in [2.45, 2.75) is 52.5 Å². The lowest BCUT2D eigenvalue weighted by Gasteiger charge is -2.10. The number of aryl methyl sites for hydroxylation is 2. The second-order valence-electron chi connectivity index (χ2n) is 6.46. The zero-order chi connectivity index (χ0) is 18.5. The molecule has 3 heterocycles. The van der Waals surface area contributed by atoms with Crippen LogP contribution in [0.4, 0.5) is 5.82 Å². The van der Waals surface area contributed by atoms with E-state index in [1.165, 1.54) is 0 Å². The van der Waals surface area contributed by atoms with E-state index in [-0.39, 0.29) is 0 Å². The topological polar surface area (TPSA) is 91.2 Å². The van der Waals surface area contributed by atoms with Crippen LogP contribution in [-0.2, 0) is 17.8 Å². The van der Waals surface area contributed by atoms with E-state index in [4.69, 9.17) is 15.6 Å². The molecule has 0 saturated heterocycles. The molecule has 7 nitrogen and oxygen atoms in total. The maximum atomic E-state index is 6.20. The smallest absolute Gasteiger partial charge is 0.152 e. The number of oxime groups is 1. The van der Waals surface area contributed by atoms with Gasteiger partial charge in [0.1, 0.15) is 29.5 Å². The van der Waals surface area contributed by atoms with Crippen LogP contribution >= 0.6 is 0 Å². The molecule has 0 saturated carbocycles. The van der Waals surface area contributed by atoms with Gasteiger partial charge in [-0.15, -0.1) is 0 Å². The fourth-order valence-corrected chi connectivity index (χ4v) is 3.23. The fourth-order valence-electron chi connectivity index (χ4n) is 3.23. The molecule has 0 aliphatic heterocycles. The van der Waals surface area contributed by atoms with Crippen LogP contribution in [0, 0.1) is 0 Å². The standard InChI is InChI=1S/C19H26N6O/c1-4-5-10-15-23-17-18(25(15)12-7-8-13(2)24-26-3)16-14(22-19(17)20)9-6-11-21-16/h6,9,11H,4-5,7-8,10,12H2,1-3H3,(H2,20,22)/b24-13+. The monoisotopic (exact) mass is 354 g/mol. The summed E-state index contributed by atoms with van der Waals surface area (Å²) in [4.78, 5) is 18.7. The van der Waals surface area contributed by atoms with E-state index < -0.39 is 0 Å². The first-order chi connectivity index (χ1) is 12.7. The average molecular weight is 354 g/mol. The van der Waals surface area contributed by atoms with Crippen molar-refractivity contribution in [3.05, 3.63) is 24.2 Å². The van der Waals surface area contributed by atoms with E-state index in [1.54, 1.807) is 13.3 Å². The highest BCUT2D eigenvalue weighted by atomic mass is 16.6. The Morgan fingerprint density at radius 3 is 2.88 bits per heavy atom. The predicted molar refractivity (Wildman–Crippen MR) is 105 cm³/mol. The van der Waals surface area contributed by atoms with Gasteiger partial charge in [-0.05, 0) is 38.3 Å². The van der Waals surface area contributed by atoms with Crippen molar-refractivity contribution in [3.8, 4) is 0 Å². The van der Waals surface area contributed by atoms with Crippen LogP contribution in [0.5, 0.6) is 0 Å². The molecule has 26 heavy (non-hydrogen) atoms. The molecule has 0 fully saturated rings. The zero-order valence-electron chi connectivity index (χ0n) is 15.7. The molecule has 7 heteroatoms. The third kappa shape index (κ3) is 3.61. The van der Waals surface area contributed by atoms with Crippen molar-refractivity contribution >= 4 is 33.6 Å². The summed E-state index contributed by atoms with van der Waals surface area (Å²) in [5.74, 6) is 1.52. The maximum absolute atomic E-state index is 6.20. The van der Waals surface area contributed by atoms with Gasteiger partial charge in [-0.2, -0.15) is 0 Å². The number of pyridine rings is 2. The van der Waals surface area contributed by atoms with Crippen LogP contribution in [0.2, 0.25) is 0 Å². The Labute approximate surface area is 153 Å². The number of fused-ring (bicyclic) bond motifs is 3. The quantitative estimate of drug-likeness (QED) is 0.492. The predicted octanol–water partition coefficient (Wildman–Crippen LogP) is 3.71. The summed E-state index contributed by atoms with van der Waals surface area (Å²) < 4.78 is 2.26. The number of unbranched alkanes of at least 4 members (excludes halogenated alkanes) is 1. The van der Waals surface area contributed by atoms with Crippen LogP contribution in [0.25, 0.3) is 22.1 Å². The van der Waals surface area contributed by atoms with Crippen molar-refractivity contribution in [2.75, 3.05) is 12.8 Å². The number of rotatable bonds is 8. The van der Waals surface area contributed by atoms with E-state index >= 15 is 0 Å². The van der Waals surface area contributed by atoms with Gasteiger partial charge in [0.05, 0.1) is 11.2 Å². The summed E-state index contributed by atoms with van der Waals surface area (Å²) in [5, 5.41) is 3.99. The highest BCUT2D eigenvalue weighted by Gasteiger charge is 2.17. The number of hydrogen-bond donors (Lipinski definition) is 1. The van der Waals surface area contributed by atoms with Crippen molar-refractivity contribution in [3.63, 3.8) is 0 Å². The van der Waals surface area contributed by atoms with Gasteiger partial charge >= 0.3 is 0 Å². The van der Waals surface area contributed by atoms with Gasteiger partial charge in [-0.25, -0.2) is 9.97 Å². The van der Waals surface area contributed by atoms with Crippen LogP contribution in [0.3, 0.4) is 0 Å². The van der Waals surface area contributed by atoms with Gasteiger partial charge in [0.2, 0.25) is 0 Å². The third-order valence-electron chi connectivity index (χ3n) is 4.46. The molecule has 0 bridgehead atoms. The number of imidazole rings is 1. The summed E-state index contributed by atoms with van der Waals surface area (Å²) in [5.41, 5.74) is 10.6. The lowest BCUT2D eigenvalue weighted by atomic mass is 10.2. The van der Waals surface area contributed by atoms with Gasteiger partial charge < -0.3 is 15.1 Å². The molecule has 3 aromatic rings. The molecule has 0 amide bonds. The van der Waals surface area contributed by atoms with Crippen molar-refractivity contribution in [2.24, 2.45) is 5.16 Å². The fraction of sp³-hybridized carbons (Fsp3) is 0.474. The van der Waals surface area contributed by atoms with Gasteiger partial charge in [-0.1, -0.05) is 18.5 Å². The molecule has 0 radical (unpaired) electrons. The SMILES string of the molecule is CCCCc1nc2c(N)nc3cccnc3c2n1CCC/C(C)=N/OC. The zero-order valence-corrected chi connectivity index (χ0v) is 15.7. The van der Waals surface area contributed by atoms with Gasteiger partial charge in [0.15, 0.2) is 5.82 Å².